The number of hydrogen-bond donors (Lipinski definition) is 0. The van der Waals surface area contributed by atoms with Gasteiger partial charge in [0.1, 0.15) is 35.6 Å². The van der Waals surface area contributed by atoms with Crippen molar-refractivity contribution in [2.45, 2.75) is 70.7 Å². The summed E-state index contributed by atoms with van der Waals surface area (Å²) < 4.78 is 40.1. The highest BCUT2D eigenvalue weighted by molar-refractivity contribution is 7.44. The SMILES string of the molecule is COc1ccc(C(OC[C@H](COc2ccc3c(c2)C(=O)CC3)OP(OCCC#N)N(C(C)C)C(C)C)(c2ccccc2)c2ccc(OC)cc2)cc1. The van der Waals surface area contributed by atoms with Crippen molar-refractivity contribution >= 4 is 14.3 Å². The molecule has 52 heavy (non-hydrogen) atoms. The molecule has 0 fully saturated rings. The molecule has 0 amide bonds. The summed E-state index contributed by atoms with van der Waals surface area (Å²) >= 11 is 0. The number of rotatable bonds is 19. The maximum Gasteiger partial charge on any atom is 0.259 e. The van der Waals surface area contributed by atoms with Gasteiger partial charge < -0.3 is 28.0 Å². The Morgan fingerprint density at radius 1 is 0.769 bits per heavy atom. The minimum atomic E-state index is -1.63. The van der Waals surface area contributed by atoms with Crippen LogP contribution in [0.4, 0.5) is 0 Å². The fraction of sp³-hybridized carbons (Fsp3) is 0.381. The average molecular weight is 725 g/mol. The first kappa shape index (κ1) is 38.9. The zero-order valence-electron chi connectivity index (χ0n) is 30.9. The minimum absolute atomic E-state index is 0.0976. The van der Waals surface area contributed by atoms with Gasteiger partial charge in [0.25, 0.3) is 8.53 Å². The van der Waals surface area contributed by atoms with Gasteiger partial charge in [-0.1, -0.05) is 60.7 Å². The monoisotopic (exact) mass is 724 g/mol. The van der Waals surface area contributed by atoms with E-state index in [2.05, 4.69) is 50.6 Å². The van der Waals surface area contributed by atoms with Crippen LogP contribution in [0.2, 0.25) is 0 Å². The second-order valence-corrected chi connectivity index (χ2v) is 14.5. The molecule has 10 heteroatoms. The number of ketones is 1. The highest BCUT2D eigenvalue weighted by Crippen LogP contribution is 2.48. The number of nitriles is 1. The van der Waals surface area contributed by atoms with Crippen molar-refractivity contribution < 1.29 is 32.8 Å². The molecule has 9 nitrogen and oxygen atoms in total. The van der Waals surface area contributed by atoms with Crippen molar-refractivity contribution in [2.75, 3.05) is 34.0 Å². The Morgan fingerprint density at radius 2 is 1.35 bits per heavy atom. The number of aryl methyl sites for hydroxylation is 1. The Morgan fingerprint density at radius 3 is 1.90 bits per heavy atom. The third kappa shape index (κ3) is 9.19. The maximum absolute atomic E-state index is 12.6. The molecule has 0 saturated carbocycles. The molecule has 0 heterocycles. The molecule has 1 aliphatic carbocycles. The van der Waals surface area contributed by atoms with E-state index >= 15 is 0 Å². The predicted octanol–water partition coefficient (Wildman–Crippen LogP) is 8.88. The molecule has 0 spiro atoms. The summed E-state index contributed by atoms with van der Waals surface area (Å²) in [5, 5.41) is 9.32. The number of benzene rings is 4. The molecule has 1 unspecified atom stereocenters. The fourth-order valence-corrected chi connectivity index (χ4v) is 8.20. The zero-order valence-corrected chi connectivity index (χ0v) is 31.8. The molecule has 0 saturated heterocycles. The first-order valence-electron chi connectivity index (χ1n) is 17.7. The van der Waals surface area contributed by atoms with Crippen molar-refractivity contribution in [3.8, 4) is 23.3 Å². The van der Waals surface area contributed by atoms with Crippen LogP contribution in [0, 0.1) is 11.3 Å². The van der Waals surface area contributed by atoms with Gasteiger partial charge in [-0.15, -0.1) is 0 Å². The van der Waals surface area contributed by atoms with Gasteiger partial charge in [-0.2, -0.15) is 5.26 Å². The number of fused-ring (bicyclic) bond motifs is 1. The van der Waals surface area contributed by atoms with Crippen LogP contribution in [-0.4, -0.2) is 62.7 Å². The molecule has 4 aromatic rings. The normalized spacial score (nSPS) is 14.0. The number of carbonyl (C=O) groups is 1. The van der Waals surface area contributed by atoms with E-state index in [1.54, 1.807) is 14.2 Å². The fourth-order valence-electron chi connectivity index (χ4n) is 6.52. The van der Waals surface area contributed by atoms with Gasteiger partial charge >= 0.3 is 0 Å². The number of nitrogens with zero attached hydrogens (tertiary/aromatic N) is 2. The number of methoxy groups -OCH3 is 2. The van der Waals surface area contributed by atoms with Crippen LogP contribution in [0.5, 0.6) is 17.2 Å². The Kier molecular flexibility index (Phi) is 13.8. The molecular formula is C42H49N2O7P. The van der Waals surface area contributed by atoms with Crippen LogP contribution in [0.15, 0.2) is 97.1 Å². The molecule has 0 N–H and O–H groups in total. The van der Waals surface area contributed by atoms with E-state index < -0.39 is 20.2 Å². The molecule has 2 atom stereocenters. The van der Waals surface area contributed by atoms with Crippen molar-refractivity contribution in [1.29, 1.82) is 5.26 Å². The molecule has 274 valence electrons. The van der Waals surface area contributed by atoms with Gasteiger partial charge in [0.05, 0.1) is 39.9 Å². The van der Waals surface area contributed by atoms with Crippen molar-refractivity contribution in [1.82, 2.24) is 4.67 Å². The number of ether oxygens (including phenoxy) is 4. The summed E-state index contributed by atoms with van der Waals surface area (Å²) in [7, 11) is 1.66. The number of hydrogen-bond acceptors (Lipinski definition) is 9. The summed E-state index contributed by atoms with van der Waals surface area (Å²) in [6.07, 6.45) is 0.869. The third-order valence-corrected chi connectivity index (χ3v) is 11.2. The second-order valence-electron chi connectivity index (χ2n) is 13.1. The summed E-state index contributed by atoms with van der Waals surface area (Å²) in [6.45, 7) is 8.85. The van der Waals surface area contributed by atoms with Crippen LogP contribution in [0.3, 0.4) is 0 Å². The average Bonchev–Trinajstić information content (AvgIpc) is 3.53. The Bertz CT molecular complexity index is 1720. The van der Waals surface area contributed by atoms with Crippen LogP contribution >= 0.6 is 8.53 Å². The predicted molar refractivity (Wildman–Crippen MR) is 203 cm³/mol. The number of carbonyl (C=O) groups excluding carboxylic acids is 1. The Hall–Kier alpha value is -4.29. The summed E-state index contributed by atoms with van der Waals surface area (Å²) in [4.78, 5) is 12.6. The van der Waals surface area contributed by atoms with E-state index in [9.17, 15) is 10.1 Å². The topological polar surface area (TPSA) is 99.5 Å². The zero-order chi connectivity index (χ0) is 37.1. The quantitative estimate of drug-likeness (QED) is 0.0534. The molecule has 0 aliphatic heterocycles. The van der Waals surface area contributed by atoms with Crippen LogP contribution in [0.25, 0.3) is 0 Å². The molecule has 0 radical (unpaired) electrons. The largest absolute Gasteiger partial charge is 0.497 e. The maximum atomic E-state index is 12.6. The van der Waals surface area contributed by atoms with E-state index in [-0.39, 0.29) is 44.1 Å². The van der Waals surface area contributed by atoms with Crippen LogP contribution in [-0.2, 0) is 25.8 Å². The summed E-state index contributed by atoms with van der Waals surface area (Å²) in [5.41, 5.74) is 3.36. The summed E-state index contributed by atoms with van der Waals surface area (Å²) in [6, 6.07) is 33.9. The smallest absolute Gasteiger partial charge is 0.259 e. The molecule has 1 aliphatic rings. The lowest BCUT2D eigenvalue weighted by Crippen LogP contribution is -2.39. The highest BCUT2D eigenvalue weighted by atomic mass is 31.2. The molecular weight excluding hydrogens is 675 g/mol. The van der Waals surface area contributed by atoms with Gasteiger partial charge in [-0.05, 0) is 92.8 Å². The van der Waals surface area contributed by atoms with E-state index in [1.807, 2.05) is 84.9 Å². The molecule has 4 aromatic carbocycles. The Labute approximate surface area is 309 Å². The first-order chi connectivity index (χ1) is 25.2. The molecule has 0 aromatic heterocycles. The van der Waals surface area contributed by atoms with Gasteiger partial charge in [-0.25, -0.2) is 4.67 Å². The molecule has 0 bridgehead atoms. The van der Waals surface area contributed by atoms with Crippen LogP contribution in [0.1, 0.15) is 73.1 Å². The Balaban J connectivity index is 1.57. The van der Waals surface area contributed by atoms with Gasteiger partial charge in [0, 0.05) is 24.1 Å². The van der Waals surface area contributed by atoms with Gasteiger partial charge in [0.15, 0.2) is 5.78 Å². The first-order valence-corrected chi connectivity index (χ1v) is 18.9. The third-order valence-electron chi connectivity index (χ3n) is 9.00. The van der Waals surface area contributed by atoms with Crippen molar-refractivity contribution in [2.24, 2.45) is 0 Å². The van der Waals surface area contributed by atoms with Crippen LogP contribution < -0.4 is 14.2 Å². The van der Waals surface area contributed by atoms with Gasteiger partial charge in [0.2, 0.25) is 0 Å². The summed E-state index contributed by atoms with van der Waals surface area (Å²) in [5.74, 6) is 2.17. The lowest BCUT2D eigenvalue weighted by molar-refractivity contribution is -0.0450. The van der Waals surface area contributed by atoms with Gasteiger partial charge in [-0.3, -0.25) is 4.79 Å². The molecule has 5 rings (SSSR count). The van der Waals surface area contributed by atoms with E-state index in [0.717, 1.165) is 40.2 Å². The minimum Gasteiger partial charge on any atom is -0.497 e. The lowest BCUT2D eigenvalue weighted by atomic mass is 9.80. The van der Waals surface area contributed by atoms with E-state index in [4.69, 9.17) is 28.0 Å². The van der Waals surface area contributed by atoms with Crippen molar-refractivity contribution in [3.05, 3.63) is 125 Å². The van der Waals surface area contributed by atoms with E-state index in [0.29, 0.717) is 17.7 Å². The second kappa shape index (κ2) is 18.5. The lowest BCUT2D eigenvalue weighted by Gasteiger charge is -2.39. The number of Topliss-reactive ketones (excluding diaryl/α,β-unsaturated/α-hetero) is 1. The highest BCUT2D eigenvalue weighted by Gasteiger charge is 2.40. The standard InChI is InChI=1S/C42H49N2O7P/c1-30(2)44(31(3)4)52(50-26-10-25-43)51-39(28-48-38-19-13-32-14-24-41(45)40(32)27-38)29-49-42(33-11-8-7-9-12-33,34-15-20-36(46-5)21-16-34)35-17-22-37(47-6)23-18-35/h7-9,11-13,15-23,27,30-31,39H,10,14,24,26,28-29H2,1-6H3/t39-,52?/m0/s1. The van der Waals surface area contributed by atoms with E-state index in [1.165, 1.54) is 0 Å². The van der Waals surface area contributed by atoms with Crippen molar-refractivity contribution in [3.63, 3.8) is 0 Å².